The van der Waals surface area contributed by atoms with Crippen molar-refractivity contribution in [1.29, 1.82) is 0 Å². The minimum atomic E-state index is -0.236. The van der Waals surface area contributed by atoms with Crippen molar-refractivity contribution in [2.24, 2.45) is 7.05 Å². The number of rotatable bonds is 5. The van der Waals surface area contributed by atoms with Crippen LogP contribution >= 0.6 is 0 Å². The maximum absolute atomic E-state index is 14.4. The second-order valence-electron chi connectivity index (χ2n) is 6.13. The Kier molecular flexibility index (Phi) is 4.37. The van der Waals surface area contributed by atoms with Crippen molar-refractivity contribution < 1.29 is 4.39 Å². The standard InChI is InChI=1S/C18H23FN4/c1-4-14-10-15(11-20-14)21-12(2)13-5-6-16(17(19)9-13)18-7-8-23(3)22-18/h5-9,11-12,14,20-21H,4,10H2,1-3H3/t12?,14-/m0/s1. The van der Waals surface area contributed by atoms with Gasteiger partial charge in [-0.25, -0.2) is 4.39 Å². The zero-order chi connectivity index (χ0) is 16.4. The van der Waals surface area contributed by atoms with Crippen LogP contribution in [-0.2, 0) is 7.05 Å². The molecule has 23 heavy (non-hydrogen) atoms. The normalized spacial score (nSPS) is 18.4. The molecule has 0 fully saturated rings. The van der Waals surface area contributed by atoms with Gasteiger partial charge in [-0.2, -0.15) is 5.10 Å². The number of halogens is 1. The van der Waals surface area contributed by atoms with Crippen LogP contribution in [0.5, 0.6) is 0 Å². The first-order chi connectivity index (χ1) is 11.1. The van der Waals surface area contributed by atoms with E-state index in [-0.39, 0.29) is 11.9 Å². The van der Waals surface area contributed by atoms with Crippen LogP contribution in [0.3, 0.4) is 0 Å². The van der Waals surface area contributed by atoms with Crippen LogP contribution < -0.4 is 10.6 Å². The summed E-state index contributed by atoms with van der Waals surface area (Å²) in [7, 11) is 1.83. The molecule has 4 nitrogen and oxygen atoms in total. The van der Waals surface area contributed by atoms with E-state index in [1.165, 1.54) is 5.70 Å². The summed E-state index contributed by atoms with van der Waals surface area (Å²) in [4.78, 5) is 0. The molecule has 2 aromatic rings. The highest BCUT2D eigenvalue weighted by atomic mass is 19.1. The van der Waals surface area contributed by atoms with Crippen LogP contribution in [0.2, 0.25) is 0 Å². The largest absolute Gasteiger partial charge is 0.386 e. The molecule has 2 atom stereocenters. The third-order valence-corrected chi connectivity index (χ3v) is 4.34. The zero-order valence-electron chi connectivity index (χ0n) is 13.8. The van der Waals surface area contributed by atoms with Crippen LogP contribution in [0.4, 0.5) is 4.39 Å². The summed E-state index contributed by atoms with van der Waals surface area (Å²) in [5.74, 6) is -0.236. The van der Waals surface area contributed by atoms with Gasteiger partial charge in [-0.1, -0.05) is 13.0 Å². The molecule has 2 N–H and O–H groups in total. The summed E-state index contributed by atoms with van der Waals surface area (Å²) in [6.07, 6.45) is 5.94. The maximum Gasteiger partial charge on any atom is 0.133 e. The van der Waals surface area contributed by atoms with E-state index in [1.54, 1.807) is 16.8 Å². The Hall–Kier alpha value is -2.30. The van der Waals surface area contributed by atoms with Gasteiger partial charge in [0.05, 0.1) is 5.69 Å². The van der Waals surface area contributed by atoms with E-state index in [1.807, 2.05) is 31.6 Å². The lowest BCUT2D eigenvalue weighted by Crippen LogP contribution is -2.20. The molecule has 0 saturated carbocycles. The minimum absolute atomic E-state index is 0.0611. The number of aromatic nitrogens is 2. The Balaban J connectivity index is 1.72. The van der Waals surface area contributed by atoms with Gasteiger partial charge in [-0.15, -0.1) is 0 Å². The highest BCUT2D eigenvalue weighted by Crippen LogP contribution is 2.25. The Labute approximate surface area is 136 Å². The lowest BCUT2D eigenvalue weighted by Gasteiger charge is -2.17. The summed E-state index contributed by atoms with van der Waals surface area (Å²) in [5, 5.41) is 11.1. The molecule has 1 aromatic carbocycles. The smallest absolute Gasteiger partial charge is 0.133 e. The van der Waals surface area contributed by atoms with E-state index in [0.29, 0.717) is 17.3 Å². The van der Waals surface area contributed by atoms with Gasteiger partial charge in [0.15, 0.2) is 0 Å². The van der Waals surface area contributed by atoms with Gasteiger partial charge in [0.1, 0.15) is 5.82 Å². The predicted molar refractivity (Wildman–Crippen MR) is 90.1 cm³/mol. The fraction of sp³-hybridized carbons (Fsp3) is 0.389. The molecule has 1 aliphatic rings. The monoisotopic (exact) mass is 314 g/mol. The molecule has 0 amide bonds. The molecule has 122 valence electrons. The van der Waals surface area contributed by atoms with E-state index >= 15 is 0 Å². The number of aryl methyl sites for hydroxylation is 1. The molecule has 3 rings (SSSR count). The number of hydrogen-bond donors (Lipinski definition) is 2. The first-order valence-electron chi connectivity index (χ1n) is 8.08. The fourth-order valence-electron chi connectivity index (χ4n) is 2.89. The molecule has 5 heteroatoms. The van der Waals surface area contributed by atoms with Gasteiger partial charge in [0, 0.05) is 49.2 Å². The van der Waals surface area contributed by atoms with Crippen LogP contribution in [0, 0.1) is 5.82 Å². The van der Waals surface area contributed by atoms with Crippen molar-refractivity contribution in [3.8, 4) is 11.3 Å². The maximum atomic E-state index is 14.4. The van der Waals surface area contributed by atoms with Gasteiger partial charge in [0.2, 0.25) is 0 Å². The molecule has 0 aliphatic carbocycles. The topological polar surface area (TPSA) is 41.9 Å². The molecule has 0 spiro atoms. The van der Waals surface area contributed by atoms with Gasteiger partial charge in [-0.3, -0.25) is 4.68 Å². The van der Waals surface area contributed by atoms with E-state index in [9.17, 15) is 4.39 Å². The summed E-state index contributed by atoms with van der Waals surface area (Å²) >= 11 is 0. The third kappa shape index (κ3) is 3.38. The van der Waals surface area contributed by atoms with E-state index in [0.717, 1.165) is 18.4 Å². The minimum Gasteiger partial charge on any atom is -0.386 e. The second kappa shape index (κ2) is 6.44. The van der Waals surface area contributed by atoms with Gasteiger partial charge >= 0.3 is 0 Å². The zero-order valence-corrected chi connectivity index (χ0v) is 13.8. The number of hydrogen-bond acceptors (Lipinski definition) is 3. The Morgan fingerprint density at radius 1 is 1.43 bits per heavy atom. The number of nitrogens with zero attached hydrogens (tertiary/aromatic N) is 2. The average molecular weight is 314 g/mol. The highest BCUT2D eigenvalue weighted by Gasteiger charge is 2.17. The van der Waals surface area contributed by atoms with Gasteiger partial charge in [-0.05, 0) is 37.1 Å². The first-order valence-corrected chi connectivity index (χ1v) is 8.08. The molecule has 2 heterocycles. The lowest BCUT2D eigenvalue weighted by atomic mass is 10.0. The molecular weight excluding hydrogens is 291 g/mol. The predicted octanol–water partition coefficient (Wildman–Crippen LogP) is 3.49. The van der Waals surface area contributed by atoms with Crippen LogP contribution in [-0.4, -0.2) is 15.8 Å². The van der Waals surface area contributed by atoms with Gasteiger partial charge < -0.3 is 10.6 Å². The van der Waals surface area contributed by atoms with Crippen molar-refractivity contribution in [3.63, 3.8) is 0 Å². The van der Waals surface area contributed by atoms with Crippen LogP contribution in [0.25, 0.3) is 11.3 Å². The molecule has 1 aromatic heterocycles. The summed E-state index contributed by atoms with van der Waals surface area (Å²) < 4.78 is 16.1. The third-order valence-electron chi connectivity index (χ3n) is 4.34. The Morgan fingerprint density at radius 2 is 2.26 bits per heavy atom. The van der Waals surface area contributed by atoms with Crippen molar-refractivity contribution in [2.75, 3.05) is 0 Å². The highest BCUT2D eigenvalue weighted by molar-refractivity contribution is 5.60. The number of benzene rings is 1. The Bertz CT molecular complexity index is 720. The second-order valence-corrected chi connectivity index (χ2v) is 6.13. The molecule has 1 unspecified atom stereocenters. The van der Waals surface area contributed by atoms with Gasteiger partial charge in [0.25, 0.3) is 0 Å². The van der Waals surface area contributed by atoms with E-state index in [4.69, 9.17) is 0 Å². The molecule has 1 aliphatic heterocycles. The van der Waals surface area contributed by atoms with E-state index < -0.39 is 0 Å². The lowest BCUT2D eigenvalue weighted by molar-refractivity contribution is 0.568. The Morgan fingerprint density at radius 3 is 2.87 bits per heavy atom. The summed E-state index contributed by atoms with van der Waals surface area (Å²) in [6, 6.07) is 7.76. The molecule has 0 radical (unpaired) electrons. The van der Waals surface area contributed by atoms with Crippen LogP contribution in [0.1, 0.15) is 38.3 Å². The number of nitrogens with one attached hydrogen (secondary N) is 2. The van der Waals surface area contributed by atoms with Crippen molar-refractivity contribution in [2.45, 2.75) is 38.8 Å². The van der Waals surface area contributed by atoms with E-state index in [2.05, 4.69) is 29.6 Å². The first kappa shape index (κ1) is 15.6. The van der Waals surface area contributed by atoms with Crippen LogP contribution in [0.15, 0.2) is 42.4 Å². The van der Waals surface area contributed by atoms with Crippen molar-refractivity contribution in [3.05, 3.63) is 53.7 Å². The summed E-state index contributed by atoms with van der Waals surface area (Å²) in [6.45, 7) is 4.22. The fourth-order valence-corrected chi connectivity index (χ4v) is 2.89. The average Bonchev–Trinajstić information content (AvgIpc) is 3.16. The van der Waals surface area contributed by atoms with Crippen molar-refractivity contribution >= 4 is 0 Å². The molecule has 0 bridgehead atoms. The van der Waals surface area contributed by atoms with Crippen molar-refractivity contribution in [1.82, 2.24) is 20.4 Å². The molecule has 0 saturated heterocycles. The summed E-state index contributed by atoms with van der Waals surface area (Å²) in [5.41, 5.74) is 3.31. The molecular formula is C18H23FN4. The SMILES string of the molecule is CC[C@H]1CC(NC(C)c2ccc(-c3ccn(C)n3)c(F)c2)=CN1. The quantitative estimate of drug-likeness (QED) is 0.888.